The first-order chi connectivity index (χ1) is 12.0. The van der Waals surface area contributed by atoms with Crippen LogP contribution in [0, 0.1) is 11.6 Å². The van der Waals surface area contributed by atoms with E-state index in [0.29, 0.717) is 31.9 Å². The van der Waals surface area contributed by atoms with E-state index in [2.05, 4.69) is 5.10 Å². The first-order valence-electron chi connectivity index (χ1n) is 7.94. The van der Waals surface area contributed by atoms with Crippen molar-refractivity contribution in [2.24, 2.45) is 7.05 Å². The predicted octanol–water partition coefficient (Wildman–Crippen LogP) is 0.950. The number of aryl methyl sites for hydroxylation is 1. The highest BCUT2D eigenvalue weighted by Gasteiger charge is 2.23. The molecule has 6 nitrogen and oxygen atoms in total. The number of benzene rings is 1. The number of carbonyl (C=O) groups excluding carboxylic acids is 1. The number of carbonyl (C=O) groups is 1. The summed E-state index contributed by atoms with van der Waals surface area (Å²) in [5.41, 5.74) is 0.576. The van der Waals surface area contributed by atoms with Gasteiger partial charge in [0.1, 0.15) is 0 Å². The number of amides is 1. The molecule has 1 aliphatic heterocycles. The largest absolute Gasteiger partial charge is 0.367 e. The molecule has 1 aromatic carbocycles. The minimum atomic E-state index is -0.972. The molecule has 0 radical (unpaired) electrons. The summed E-state index contributed by atoms with van der Waals surface area (Å²) >= 11 is 0. The molecule has 1 aliphatic rings. The summed E-state index contributed by atoms with van der Waals surface area (Å²) in [4.78, 5) is 27.6. The molecular weight excluding hydrogens is 330 g/mol. The van der Waals surface area contributed by atoms with Crippen LogP contribution in [-0.2, 0) is 18.3 Å². The molecule has 0 N–H and O–H groups in total. The summed E-state index contributed by atoms with van der Waals surface area (Å²) < 4.78 is 28.2. The van der Waals surface area contributed by atoms with Gasteiger partial charge in [-0.25, -0.2) is 13.5 Å². The number of piperazine rings is 1. The Hall–Kier alpha value is -2.77. The summed E-state index contributed by atoms with van der Waals surface area (Å²) in [6.45, 7) is 1.99. The van der Waals surface area contributed by atoms with Crippen LogP contribution in [-0.4, -0.2) is 46.8 Å². The van der Waals surface area contributed by atoms with Crippen LogP contribution in [0.5, 0.6) is 0 Å². The zero-order valence-corrected chi connectivity index (χ0v) is 13.8. The predicted molar refractivity (Wildman–Crippen MR) is 88.3 cm³/mol. The van der Waals surface area contributed by atoms with Gasteiger partial charge in [-0.05, 0) is 6.07 Å². The van der Waals surface area contributed by atoms with Gasteiger partial charge in [0, 0.05) is 44.9 Å². The third-order valence-electron chi connectivity index (χ3n) is 4.32. The molecule has 0 atom stereocenters. The van der Waals surface area contributed by atoms with E-state index >= 15 is 0 Å². The van der Waals surface area contributed by atoms with Crippen LogP contribution >= 0.6 is 0 Å². The number of aromatic nitrogens is 2. The van der Waals surface area contributed by atoms with Gasteiger partial charge in [-0.3, -0.25) is 9.59 Å². The smallest absolute Gasteiger partial charge is 0.268 e. The Labute approximate surface area is 143 Å². The molecule has 1 fully saturated rings. The van der Waals surface area contributed by atoms with Gasteiger partial charge in [0.15, 0.2) is 11.6 Å². The molecule has 2 aromatic rings. The molecule has 132 valence electrons. The second kappa shape index (κ2) is 7.00. The molecule has 8 heteroatoms. The van der Waals surface area contributed by atoms with Gasteiger partial charge >= 0.3 is 0 Å². The maximum absolute atomic E-state index is 13.7. The van der Waals surface area contributed by atoms with Crippen molar-refractivity contribution in [3.8, 4) is 0 Å². The second-order valence-electron chi connectivity index (χ2n) is 5.93. The van der Waals surface area contributed by atoms with E-state index in [4.69, 9.17) is 0 Å². The van der Waals surface area contributed by atoms with Crippen LogP contribution in [0.25, 0.3) is 0 Å². The lowest BCUT2D eigenvalue weighted by molar-refractivity contribution is -0.130. The van der Waals surface area contributed by atoms with Crippen molar-refractivity contribution in [3.05, 3.63) is 58.0 Å². The lowest BCUT2D eigenvalue weighted by Crippen LogP contribution is -2.49. The maximum Gasteiger partial charge on any atom is 0.268 e. The van der Waals surface area contributed by atoms with E-state index in [-0.39, 0.29) is 23.5 Å². The third-order valence-corrected chi connectivity index (χ3v) is 4.32. The summed E-state index contributed by atoms with van der Waals surface area (Å²) in [5, 5.41) is 3.99. The second-order valence-corrected chi connectivity index (χ2v) is 5.93. The Morgan fingerprint density at radius 2 is 1.92 bits per heavy atom. The normalized spacial score (nSPS) is 14.7. The summed E-state index contributed by atoms with van der Waals surface area (Å²) in [5.74, 6) is -2.17. The monoisotopic (exact) mass is 348 g/mol. The van der Waals surface area contributed by atoms with E-state index in [1.807, 2.05) is 4.90 Å². The highest BCUT2D eigenvalue weighted by molar-refractivity contribution is 5.79. The van der Waals surface area contributed by atoms with Gasteiger partial charge < -0.3 is 9.80 Å². The Kier molecular flexibility index (Phi) is 4.78. The van der Waals surface area contributed by atoms with Gasteiger partial charge in [0.25, 0.3) is 5.56 Å². The first-order valence-corrected chi connectivity index (χ1v) is 7.94. The van der Waals surface area contributed by atoms with Gasteiger partial charge in [-0.1, -0.05) is 12.1 Å². The highest BCUT2D eigenvalue weighted by atomic mass is 19.2. The van der Waals surface area contributed by atoms with Gasteiger partial charge in [0.05, 0.1) is 18.3 Å². The zero-order valence-electron chi connectivity index (χ0n) is 13.8. The Morgan fingerprint density at radius 3 is 2.60 bits per heavy atom. The quantitative estimate of drug-likeness (QED) is 0.829. The molecule has 0 spiro atoms. The van der Waals surface area contributed by atoms with Crippen LogP contribution in [0.2, 0.25) is 0 Å². The Bertz CT molecular complexity index is 845. The average molecular weight is 348 g/mol. The minimum Gasteiger partial charge on any atom is -0.367 e. The van der Waals surface area contributed by atoms with Crippen molar-refractivity contribution in [2.45, 2.75) is 6.42 Å². The number of anilines is 1. The first kappa shape index (κ1) is 17.1. The summed E-state index contributed by atoms with van der Waals surface area (Å²) in [6, 6.07) is 5.34. The fourth-order valence-electron chi connectivity index (χ4n) is 2.81. The van der Waals surface area contributed by atoms with Crippen LogP contribution in [0.4, 0.5) is 14.5 Å². The van der Waals surface area contributed by atoms with Crippen molar-refractivity contribution in [3.63, 3.8) is 0 Å². The molecule has 1 saturated heterocycles. The lowest BCUT2D eigenvalue weighted by atomic mass is 10.1. The van der Waals surface area contributed by atoms with Crippen molar-refractivity contribution in [1.29, 1.82) is 0 Å². The van der Waals surface area contributed by atoms with E-state index in [1.165, 1.54) is 22.9 Å². The lowest BCUT2D eigenvalue weighted by Gasteiger charge is -2.36. The minimum absolute atomic E-state index is 0.0585. The molecule has 0 bridgehead atoms. The SMILES string of the molecule is Cn1ncc(N2CCN(C(=O)Cc3cccc(F)c3F)CC2)cc1=O. The van der Waals surface area contributed by atoms with Crippen LogP contribution in [0.3, 0.4) is 0 Å². The van der Waals surface area contributed by atoms with Gasteiger partial charge in [-0.2, -0.15) is 5.10 Å². The molecule has 3 rings (SSSR count). The number of rotatable bonds is 3. The maximum atomic E-state index is 13.7. The molecule has 25 heavy (non-hydrogen) atoms. The summed E-state index contributed by atoms with van der Waals surface area (Å²) in [6.07, 6.45) is 1.44. The zero-order chi connectivity index (χ0) is 18.0. The molecule has 1 amide bonds. The number of nitrogens with zero attached hydrogens (tertiary/aromatic N) is 4. The van der Waals surface area contributed by atoms with Crippen LogP contribution < -0.4 is 10.5 Å². The van der Waals surface area contributed by atoms with E-state index in [1.54, 1.807) is 18.1 Å². The van der Waals surface area contributed by atoms with E-state index in [9.17, 15) is 18.4 Å². The van der Waals surface area contributed by atoms with Crippen molar-refractivity contribution in [1.82, 2.24) is 14.7 Å². The molecule has 0 saturated carbocycles. The van der Waals surface area contributed by atoms with Crippen molar-refractivity contribution >= 4 is 11.6 Å². The van der Waals surface area contributed by atoms with Crippen molar-refractivity contribution < 1.29 is 13.6 Å². The molecule has 1 aromatic heterocycles. The molecule has 2 heterocycles. The number of hydrogen-bond acceptors (Lipinski definition) is 4. The fourth-order valence-corrected chi connectivity index (χ4v) is 2.81. The topological polar surface area (TPSA) is 58.4 Å². The number of hydrogen-bond donors (Lipinski definition) is 0. The summed E-state index contributed by atoms with van der Waals surface area (Å²) in [7, 11) is 1.58. The van der Waals surface area contributed by atoms with E-state index < -0.39 is 11.6 Å². The fraction of sp³-hybridized carbons (Fsp3) is 0.353. The Morgan fingerprint density at radius 1 is 1.20 bits per heavy atom. The molecule has 0 aliphatic carbocycles. The van der Waals surface area contributed by atoms with Gasteiger partial charge in [0.2, 0.25) is 5.91 Å². The number of halogens is 2. The standard InChI is InChI=1S/C17H18F2N4O2/c1-21-15(24)10-13(11-20-21)22-5-7-23(8-6-22)16(25)9-12-3-2-4-14(18)17(12)19/h2-4,10-11H,5-9H2,1H3. The van der Waals surface area contributed by atoms with E-state index in [0.717, 1.165) is 6.07 Å². The average Bonchev–Trinajstić information content (AvgIpc) is 2.61. The van der Waals surface area contributed by atoms with Gasteiger partial charge in [-0.15, -0.1) is 0 Å². The molecule has 0 unspecified atom stereocenters. The van der Waals surface area contributed by atoms with Crippen LogP contribution in [0.1, 0.15) is 5.56 Å². The van der Waals surface area contributed by atoms with Crippen LogP contribution in [0.15, 0.2) is 35.3 Å². The Balaban J connectivity index is 1.61. The molecular formula is C17H18F2N4O2. The highest BCUT2D eigenvalue weighted by Crippen LogP contribution is 2.16. The van der Waals surface area contributed by atoms with Crippen molar-refractivity contribution in [2.75, 3.05) is 31.1 Å². The third kappa shape index (κ3) is 3.67.